The summed E-state index contributed by atoms with van der Waals surface area (Å²) >= 11 is 4.54. The number of carbonyl (C=O) groups excluding carboxylic acids is 2. The molecule has 0 spiro atoms. The largest absolute Gasteiger partial charge is 0.366 e. The summed E-state index contributed by atoms with van der Waals surface area (Å²) in [6, 6.07) is 7.09. The molecule has 1 saturated heterocycles. The van der Waals surface area contributed by atoms with Gasteiger partial charge in [-0.15, -0.1) is 0 Å². The van der Waals surface area contributed by atoms with Crippen LogP contribution in [0.3, 0.4) is 0 Å². The van der Waals surface area contributed by atoms with Crippen LogP contribution in [-0.4, -0.2) is 32.7 Å². The zero-order valence-corrected chi connectivity index (χ0v) is 12.1. The quantitative estimate of drug-likeness (QED) is 0.785. The number of amidine groups is 1. The molecule has 1 N–H and O–H groups in total. The van der Waals surface area contributed by atoms with E-state index in [4.69, 9.17) is 0 Å². The van der Waals surface area contributed by atoms with Gasteiger partial charge < -0.3 is 5.11 Å². The SMILES string of the molecule is O=C1CC(=O)N2C(=N1)SC[C@@]2(O)c1ccc(Br)cc1. The standard InChI is InChI=1S/C12H9BrN2O3S/c13-8-3-1-7(2-4-8)12(18)6-19-11-14-9(16)5-10(17)15(11)12/h1-4,18H,5-6H2/t12-/m1/s1. The first-order chi connectivity index (χ1) is 9.00. The molecule has 1 aromatic carbocycles. The van der Waals surface area contributed by atoms with Crippen LogP contribution in [0.25, 0.3) is 0 Å². The number of nitrogens with zero attached hydrogens (tertiary/aromatic N) is 2. The number of hydrogen-bond donors (Lipinski definition) is 1. The number of fused-ring (bicyclic) bond motifs is 1. The van der Waals surface area contributed by atoms with E-state index in [1.165, 1.54) is 16.7 Å². The Morgan fingerprint density at radius 1 is 1.32 bits per heavy atom. The molecule has 1 aromatic rings. The average Bonchev–Trinajstić information content (AvgIpc) is 2.69. The molecule has 2 heterocycles. The van der Waals surface area contributed by atoms with Gasteiger partial charge in [0.05, 0.1) is 5.75 Å². The molecule has 0 saturated carbocycles. The van der Waals surface area contributed by atoms with Crippen molar-refractivity contribution in [2.45, 2.75) is 12.1 Å². The lowest BCUT2D eigenvalue weighted by atomic mass is 10.0. The van der Waals surface area contributed by atoms with Crippen LogP contribution in [-0.2, 0) is 15.3 Å². The van der Waals surface area contributed by atoms with Crippen molar-refractivity contribution in [2.24, 2.45) is 4.99 Å². The van der Waals surface area contributed by atoms with Gasteiger partial charge in [-0.25, -0.2) is 0 Å². The van der Waals surface area contributed by atoms with E-state index < -0.39 is 17.5 Å². The summed E-state index contributed by atoms with van der Waals surface area (Å²) in [7, 11) is 0. The predicted octanol–water partition coefficient (Wildman–Crippen LogP) is 1.46. The minimum atomic E-state index is -1.43. The third-order valence-corrected chi connectivity index (χ3v) is 4.65. The fourth-order valence-electron chi connectivity index (χ4n) is 2.13. The molecule has 1 fully saturated rings. The number of benzene rings is 1. The first-order valence-corrected chi connectivity index (χ1v) is 7.34. The minimum Gasteiger partial charge on any atom is -0.366 e. The van der Waals surface area contributed by atoms with E-state index in [0.717, 1.165) is 4.47 Å². The van der Waals surface area contributed by atoms with Gasteiger partial charge in [-0.2, -0.15) is 4.99 Å². The number of aliphatic hydroxyl groups is 1. The van der Waals surface area contributed by atoms with Crippen molar-refractivity contribution in [1.29, 1.82) is 0 Å². The lowest BCUT2D eigenvalue weighted by Crippen LogP contribution is -2.50. The fourth-order valence-corrected chi connectivity index (χ4v) is 3.57. The van der Waals surface area contributed by atoms with E-state index in [1.807, 2.05) is 0 Å². The number of amides is 2. The molecule has 0 aromatic heterocycles. The molecule has 0 unspecified atom stereocenters. The molecule has 5 nitrogen and oxygen atoms in total. The molecular weight excluding hydrogens is 332 g/mol. The minimum absolute atomic E-state index is 0.270. The lowest BCUT2D eigenvalue weighted by Gasteiger charge is -2.33. The lowest BCUT2D eigenvalue weighted by molar-refractivity contribution is -0.147. The van der Waals surface area contributed by atoms with Gasteiger partial charge in [-0.05, 0) is 12.1 Å². The maximum Gasteiger partial charge on any atom is 0.257 e. The molecule has 2 aliphatic heterocycles. The molecular formula is C12H9BrN2O3S. The third-order valence-electron chi connectivity index (χ3n) is 3.04. The number of thioether (sulfide) groups is 1. The van der Waals surface area contributed by atoms with E-state index in [9.17, 15) is 14.7 Å². The van der Waals surface area contributed by atoms with Gasteiger partial charge in [-0.1, -0.05) is 39.8 Å². The summed E-state index contributed by atoms with van der Waals surface area (Å²) in [5.74, 6) is -0.596. The monoisotopic (exact) mass is 340 g/mol. The normalized spacial score (nSPS) is 26.4. The highest BCUT2D eigenvalue weighted by Gasteiger charge is 2.50. The Labute approximate surface area is 121 Å². The van der Waals surface area contributed by atoms with Crippen LogP contribution >= 0.6 is 27.7 Å². The Bertz CT molecular complexity index is 601. The number of carbonyl (C=O) groups is 2. The Hall–Kier alpha value is -1.18. The van der Waals surface area contributed by atoms with Crippen LogP contribution in [0.1, 0.15) is 12.0 Å². The van der Waals surface area contributed by atoms with Crippen molar-refractivity contribution in [2.75, 3.05) is 5.75 Å². The van der Waals surface area contributed by atoms with Crippen molar-refractivity contribution in [3.05, 3.63) is 34.3 Å². The van der Waals surface area contributed by atoms with E-state index in [2.05, 4.69) is 20.9 Å². The number of halogens is 1. The Balaban J connectivity index is 2.06. The molecule has 0 bridgehead atoms. The van der Waals surface area contributed by atoms with Crippen molar-refractivity contribution in [3.63, 3.8) is 0 Å². The van der Waals surface area contributed by atoms with E-state index >= 15 is 0 Å². The van der Waals surface area contributed by atoms with Gasteiger partial charge in [0.15, 0.2) is 10.9 Å². The van der Waals surface area contributed by atoms with Crippen LogP contribution in [0.2, 0.25) is 0 Å². The molecule has 98 valence electrons. The van der Waals surface area contributed by atoms with Gasteiger partial charge in [0.25, 0.3) is 5.91 Å². The second kappa shape index (κ2) is 4.43. The molecule has 7 heteroatoms. The van der Waals surface area contributed by atoms with Gasteiger partial charge >= 0.3 is 0 Å². The zero-order chi connectivity index (χ0) is 13.6. The van der Waals surface area contributed by atoms with Crippen LogP contribution < -0.4 is 0 Å². The van der Waals surface area contributed by atoms with E-state index in [0.29, 0.717) is 5.56 Å². The predicted molar refractivity (Wildman–Crippen MR) is 74.4 cm³/mol. The maximum absolute atomic E-state index is 12.0. The summed E-state index contributed by atoms with van der Waals surface area (Å²) in [4.78, 5) is 28.3. The Morgan fingerprint density at radius 3 is 2.68 bits per heavy atom. The molecule has 19 heavy (non-hydrogen) atoms. The first kappa shape index (κ1) is 12.8. The van der Waals surface area contributed by atoms with Crippen LogP contribution in [0.4, 0.5) is 0 Å². The van der Waals surface area contributed by atoms with Crippen molar-refractivity contribution < 1.29 is 14.7 Å². The van der Waals surface area contributed by atoms with E-state index in [-0.39, 0.29) is 17.3 Å². The zero-order valence-electron chi connectivity index (χ0n) is 9.67. The second-order valence-corrected chi connectivity index (χ2v) is 6.16. The van der Waals surface area contributed by atoms with Gasteiger partial charge in [-0.3, -0.25) is 14.5 Å². The van der Waals surface area contributed by atoms with Gasteiger partial charge in [0.1, 0.15) is 6.42 Å². The molecule has 0 aliphatic carbocycles. The number of rotatable bonds is 1. The molecule has 3 rings (SSSR count). The highest BCUT2D eigenvalue weighted by atomic mass is 79.9. The summed E-state index contributed by atoms with van der Waals surface area (Å²) in [5.41, 5.74) is -0.821. The van der Waals surface area contributed by atoms with E-state index in [1.54, 1.807) is 24.3 Å². The maximum atomic E-state index is 12.0. The van der Waals surface area contributed by atoms with Crippen LogP contribution in [0, 0.1) is 0 Å². The summed E-state index contributed by atoms with van der Waals surface area (Å²) < 4.78 is 0.888. The highest BCUT2D eigenvalue weighted by Crippen LogP contribution is 2.41. The average molecular weight is 341 g/mol. The Morgan fingerprint density at radius 2 is 2.00 bits per heavy atom. The van der Waals surface area contributed by atoms with Crippen molar-refractivity contribution in [1.82, 2.24) is 4.90 Å². The third kappa shape index (κ3) is 2.01. The second-order valence-electron chi connectivity index (χ2n) is 4.31. The number of hydrogen-bond acceptors (Lipinski definition) is 4. The highest BCUT2D eigenvalue weighted by molar-refractivity contribution is 9.10. The summed E-state index contributed by atoms with van der Waals surface area (Å²) in [6.07, 6.45) is -0.289. The van der Waals surface area contributed by atoms with Crippen LogP contribution in [0.15, 0.2) is 33.7 Å². The summed E-state index contributed by atoms with van der Waals surface area (Å²) in [6.45, 7) is 0. The molecule has 0 radical (unpaired) electrons. The molecule has 2 amide bonds. The Kier molecular flexibility index (Phi) is 2.99. The van der Waals surface area contributed by atoms with Gasteiger partial charge in [0.2, 0.25) is 5.91 Å². The number of aliphatic imine (C=N–C) groups is 1. The molecule has 1 atom stereocenters. The van der Waals surface area contributed by atoms with Gasteiger partial charge in [0, 0.05) is 10.0 Å². The topological polar surface area (TPSA) is 70.0 Å². The molecule has 2 aliphatic rings. The first-order valence-electron chi connectivity index (χ1n) is 5.56. The smallest absolute Gasteiger partial charge is 0.257 e. The fraction of sp³-hybridized carbons (Fsp3) is 0.250. The summed E-state index contributed by atoms with van der Waals surface area (Å²) in [5, 5.41) is 11.1. The van der Waals surface area contributed by atoms with Crippen LogP contribution in [0.5, 0.6) is 0 Å². The van der Waals surface area contributed by atoms with Crippen molar-refractivity contribution in [3.8, 4) is 0 Å². The van der Waals surface area contributed by atoms with Crippen molar-refractivity contribution >= 4 is 44.7 Å².